The molecule has 0 amide bonds. The van der Waals surface area contributed by atoms with Crippen molar-refractivity contribution in [2.24, 2.45) is 0 Å². The third kappa shape index (κ3) is 4.24. The molecule has 0 heterocycles. The van der Waals surface area contributed by atoms with Crippen molar-refractivity contribution in [3.05, 3.63) is 28.8 Å². The molecule has 0 saturated carbocycles. The highest BCUT2D eigenvalue weighted by atomic mass is 35.5. The molecule has 0 aliphatic heterocycles. The van der Waals surface area contributed by atoms with Gasteiger partial charge in [-0.05, 0) is 18.9 Å². The van der Waals surface area contributed by atoms with Crippen molar-refractivity contribution in [1.29, 1.82) is 0 Å². The Bertz CT molecular complexity index is 320. The zero-order valence-corrected chi connectivity index (χ0v) is 11.3. The van der Waals surface area contributed by atoms with E-state index in [0.29, 0.717) is 11.6 Å². The summed E-state index contributed by atoms with van der Waals surface area (Å²) in [5.74, 6) is 1.80. The van der Waals surface area contributed by atoms with Crippen molar-refractivity contribution < 1.29 is 4.74 Å². The van der Waals surface area contributed by atoms with Crippen LogP contribution in [0.15, 0.2) is 18.2 Å². The van der Waals surface area contributed by atoms with E-state index in [4.69, 9.17) is 16.3 Å². The minimum absolute atomic E-state index is 0.691. The number of hydrogen-bond donors (Lipinski definition) is 1. The minimum Gasteiger partial charge on any atom is -0.491 e. The van der Waals surface area contributed by atoms with Crippen LogP contribution >= 0.6 is 23.4 Å². The molecule has 0 saturated heterocycles. The van der Waals surface area contributed by atoms with Crippen LogP contribution in [0.1, 0.15) is 12.5 Å². The Morgan fingerprint density at radius 2 is 2.25 bits per heavy atom. The zero-order chi connectivity index (χ0) is 11.8. The Hall–Kier alpha value is -0.380. The average molecular weight is 260 g/mol. The fourth-order valence-corrected chi connectivity index (χ4v) is 1.84. The molecular formula is C12H18ClNOS. The van der Waals surface area contributed by atoms with Gasteiger partial charge in [0.05, 0.1) is 11.6 Å². The number of para-hydroxylation sites is 1. The van der Waals surface area contributed by atoms with Gasteiger partial charge in [-0.2, -0.15) is 11.8 Å². The molecule has 1 rings (SSSR count). The molecule has 0 radical (unpaired) electrons. The molecule has 0 bridgehead atoms. The van der Waals surface area contributed by atoms with E-state index in [0.717, 1.165) is 30.2 Å². The summed E-state index contributed by atoms with van der Waals surface area (Å²) in [4.78, 5) is 0. The molecule has 0 aromatic heterocycles. The first-order valence-corrected chi connectivity index (χ1v) is 7.16. The van der Waals surface area contributed by atoms with E-state index in [-0.39, 0.29) is 0 Å². The van der Waals surface area contributed by atoms with Gasteiger partial charge in [0, 0.05) is 17.9 Å². The molecule has 0 fully saturated rings. The van der Waals surface area contributed by atoms with Crippen molar-refractivity contribution in [2.75, 3.05) is 25.2 Å². The van der Waals surface area contributed by atoms with Gasteiger partial charge in [0.1, 0.15) is 5.75 Å². The maximum absolute atomic E-state index is 6.13. The van der Waals surface area contributed by atoms with Gasteiger partial charge in [0.2, 0.25) is 0 Å². The van der Waals surface area contributed by atoms with Gasteiger partial charge in [0.25, 0.3) is 0 Å². The first-order chi connectivity index (χ1) is 7.79. The van der Waals surface area contributed by atoms with Crippen molar-refractivity contribution in [3.8, 4) is 5.75 Å². The Morgan fingerprint density at radius 1 is 1.44 bits per heavy atom. The van der Waals surface area contributed by atoms with E-state index < -0.39 is 0 Å². The largest absolute Gasteiger partial charge is 0.491 e. The molecule has 0 spiro atoms. The standard InChI is InChI=1S/C12H18ClNOS/c1-3-14-9-10-5-4-6-11(13)12(10)15-7-8-16-2/h4-6,14H,3,7-9H2,1-2H3. The van der Waals surface area contributed by atoms with Gasteiger partial charge in [0.15, 0.2) is 0 Å². The van der Waals surface area contributed by atoms with Gasteiger partial charge in [-0.1, -0.05) is 30.7 Å². The van der Waals surface area contributed by atoms with E-state index in [2.05, 4.69) is 18.5 Å². The summed E-state index contributed by atoms with van der Waals surface area (Å²) in [5, 5.41) is 3.97. The normalized spacial score (nSPS) is 10.4. The van der Waals surface area contributed by atoms with Crippen LogP contribution in [0.25, 0.3) is 0 Å². The molecule has 16 heavy (non-hydrogen) atoms. The van der Waals surface area contributed by atoms with E-state index in [1.807, 2.05) is 18.2 Å². The highest BCUT2D eigenvalue weighted by Crippen LogP contribution is 2.28. The van der Waals surface area contributed by atoms with Crippen LogP contribution in [0.3, 0.4) is 0 Å². The fraction of sp³-hybridized carbons (Fsp3) is 0.500. The van der Waals surface area contributed by atoms with E-state index >= 15 is 0 Å². The lowest BCUT2D eigenvalue weighted by atomic mass is 10.2. The summed E-state index contributed by atoms with van der Waals surface area (Å²) < 4.78 is 5.71. The number of nitrogens with one attached hydrogen (secondary N) is 1. The second kappa shape index (κ2) is 7.82. The van der Waals surface area contributed by atoms with Gasteiger partial charge < -0.3 is 10.1 Å². The molecule has 0 unspecified atom stereocenters. The summed E-state index contributed by atoms with van der Waals surface area (Å²) in [6.07, 6.45) is 2.06. The Labute approximate surface area is 107 Å². The first-order valence-electron chi connectivity index (χ1n) is 5.39. The van der Waals surface area contributed by atoms with Crippen LogP contribution in [0.4, 0.5) is 0 Å². The summed E-state index contributed by atoms with van der Waals surface area (Å²) in [6, 6.07) is 5.87. The molecule has 0 atom stereocenters. The smallest absolute Gasteiger partial charge is 0.142 e. The summed E-state index contributed by atoms with van der Waals surface area (Å²) in [7, 11) is 0. The zero-order valence-electron chi connectivity index (χ0n) is 9.75. The SMILES string of the molecule is CCNCc1cccc(Cl)c1OCCSC. The first kappa shape index (κ1) is 13.7. The maximum Gasteiger partial charge on any atom is 0.142 e. The third-order valence-electron chi connectivity index (χ3n) is 2.15. The van der Waals surface area contributed by atoms with Crippen molar-refractivity contribution in [1.82, 2.24) is 5.32 Å². The van der Waals surface area contributed by atoms with Crippen LogP contribution in [-0.4, -0.2) is 25.2 Å². The van der Waals surface area contributed by atoms with Gasteiger partial charge >= 0.3 is 0 Å². The number of rotatable bonds is 7. The number of thioether (sulfide) groups is 1. The van der Waals surface area contributed by atoms with Crippen LogP contribution in [0.5, 0.6) is 5.75 Å². The number of ether oxygens (including phenoxy) is 1. The van der Waals surface area contributed by atoms with Crippen molar-refractivity contribution in [3.63, 3.8) is 0 Å². The predicted octanol–water partition coefficient (Wildman–Crippen LogP) is 3.19. The lowest BCUT2D eigenvalue weighted by Crippen LogP contribution is -2.13. The van der Waals surface area contributed by atoms with Crippen LogP contribution in [-0.2, 0) is 6.54 Å². The van der Waals surface area contributed by atoms with Gasteiger partial charge in [-0.25, -0.2) is 0 Å². The molecule has 1 N–H and O–H groups in total. The average Bonchev–Trinajstić information content (AvgIpc) is 2.29. The highest BCUT2D eigenvalue weighted by molar-refractivity contribution is 7.98. The summed E-state index contributed by atoms with van der Waals surface area (Å²) >= 11 is 7.89. The molecule has 2 nitrogen and oxygen atoms in total. The maximum atomic E-state index is 6.13. The van der Waals surface area contributed by atoms with Gasteiger partial charge in [-0.15, -0.1) is 0 Å². The molecule has 4 heteroatoms. The monoisotopic (exact) mass is 259 g/mol. The van der Waals surface area contributed by atoms with E-state index in [1.165, 1.54) is 0 Å². The highest BCUT2D eigenvalue weighted by Gasteiger charge is 2.07. The lowest BCUT2D eigenvalue weighted by molar-refractivity contribution is 0.339. The fourth-order valence-electron chi connectivity index (χ4n) is 1.34. The van der Waals surface area contributed by atoms with Crippen LogP contribution < -0.4 is 10.1 Å². The summed E-state index contributed by atoms with van der Waals surface area (Å²) in [6.45, 7) is 4.52. The molecule has 0 aliphatic rings. The lowest BCUT2D eigenvalue weighted by Gasteiger charge is -2.13. The van der Waals surface area contributed by atoms with E-state index in [9.17, 15) is 0 Å². The van der Waals surface area contributed by atoms with Crippen molar-refractivity contribution >= 4 is 23.4 Å². The molecule has 0 aliphatic carbocycles. The molecule has 1 aromatic rings. The Morgan fingerprint density at radius 3 is 2.94 bits per heavy atom. The minimum atomic E-state index is 0.691. The third-order valence-corrected chi connectivity index (χ3v) is 3.02. The topological polar surface area (TPSA) is 21.3 Å². The molecule has 90 valence electrons. The second-order valence-electron chi connectivity index (χ2n) is 3.35. The molecular weight excluding hydrogens is 242 g/mol. The van der Waals surface area contributed by atoms with Crippen LogP contribution in [0, 0.1) is 0 Å². The Kier molecular flexibility index (Phi) is 6.69. The quantitative estimate of drug-likeness (QED) is 0.760. The number of halogens is 1. The molecule has 1 aromatic carbocycles. The number of hydrogen-bond acceptors (Lipinski definition) is 3. The second-order valence-corrected chi connectivity index (χ2v) is 4.74. The van der Waals surface area contributed by atoms with Crippen LogP contribution in [0.2, 0.25) is 5.02 Å². The number of benzene rings is 1. The summed E-state index contributed by atoms with van der Waals surface area (Å²) in [5.41, 5.74) is 1.12. The Balaban J connectivity index is 2.69. The van der Waals surface area contributed by atoms with Crippen molar-refractivity contribution in [2.45, 2.75) is 13.5 Å². The van der Waals surface area contributed by atoms with Gasteiger partial charge in [-0.3, -0.25) is 0 Å². The van der Waals surface area contributed by atoms with E-state index in [1.54, 1.807) is 11.8 Å². The predicted molar refractivity (Wildman–Crippen MR) is 72.7 cm³/mol.